The van der Waals surface area contributed by atoms with Crippen LogP contribution < -0.4 is 5.32 Å². The van der Waals surface area contributed by atoms with E-state index in [4.69, 9.17) is 0 Å². The van der Waals surface area contributed by atoms with Gasteiger partial charge in [0, 0.05) is 24.7 Å². The Bertz CT molecular complexity index is 415. The zero-order valence-electron chi connectivity index (χ0n) is 12.1. The highest BCUT2D eigenvalue weighted by Gasteiger charge is 2.25. The number of anilines is 1. The van der Waals surface area contributed by atoms with Gasteiger partial charge in [-0.15, -0.1) is 0 Å². The van der Waals surface area contributed by atoms with Crippen LogP contribution in [-0.2, 0) is 0 Å². The van der Waals surface area contributed by atoms with Crippen molar-refractivity contribution in [2.75, 3.05) is 31.5 Å². The van der Waals surface area contributed by atoms with Crippen LogP contribution in [-0.4, -0.2) is 31.1 Å². The molecule has 2 heterocycles. The maximum atomic E-state index is 3.54. The van der Waals surface area contributed by atoms with Crippen LogP contribution >= 0.6 is 0 Å². The normalized spacial score (nSPS) is 26.4. The van der Waals surface area contributed by atoms with E-state index in [1.807, 2.05) is 0 Å². The molecule has 0 aliphatic carbocycles. The lowest BCUT2D eigenvalue weighted by molar-refractivity contribution is 0.308. The van der Waals surface area contributed by atoms with E-state index in [1.54, 1.807) is 0 Å². The minimum Gasteiger partial charge on any atom is -0.384 e. The molecule has 1 fully saturated rings. The lowest BCUT2D eigenvalue weighted by Crippen LogP contribution is -2.23. The number of nitrogens with zero attached hydrogens (tertiary/aromatic N) is 1. The fourth-order valence-electron chi connectivity index (χ4n) is 3.71. The fraction of sp³-hybridized carbons (Fsp3) is 0.647. The largest absolute Gasteiger partial charge is 0.384 e. The summed E-state index contributed by atoms with van der Waals surface area (Å²) in [7, 11) is 0. The summed E-state index contributed by atoms with van der Waals surface area (Å²) in [4.78, 5) is 2.68. The quantitative estimate of drug-likeness (QED) is 0.866. The second-order valence-electron chi connectivity index (χ2n) is 6.20. The second kappa shape index (κ2) is 5.96. The number of nitrogens with one attached hydrogen (secondary N) is 1. The van der Waals surface area contributed by atoms with Gasteiger partial charge in [0.15, 0.2) is 0 Å². The van der Waals surface area contributed by atoms with Gasteiger partial charge in [0.1, 0.15) is 0 Å². The monoisotopic (exact) mass is 258 g/mol. The van der Waals surface area contributed by atoms with Crippen molar-refractivity contribution in [3.63, 3.8) is 0 Å². The van der Waals surface area contributed by atoms with Gasteiger partial charge in [-0.1, -0.05) is 31.5 Å². The molecule has 1 aromatic carbocycles. The van der Waals surface area contributed by atoms with Crippen molar-refractivity contribution in [3.8, 4) is 0 Å². The molecule has 104 valence electrons. The molecule has 19 heavy (non-hydrogen) atoms. The first-order valence-electron chi connectivity index (χ1n) is 7.92. The van der Waals surface area contributed by atoms with Crippen molar-refractivity contribution < 1.29 is 0 Å². The number of rotatable bonds is 5. The first-order valence-corrected chi connectivity index (χ1v) is 7.92. The van der Waals surface area contributed by atoms with Crippen LogP contribution in [0.2, 0.25) is 0 Å². The van der Waals surface area contributed by atoms with Crippen LogP contribution in [0.4, 0.5) is 5.69 Å². The molecule has 2 aliphatic heterocycles. The molecule has 2 nitrogen and oxygen atoms in total. The molecular weight excluding hydrogens is 232 g/mol. The molecule has 1 aromatic rings. The van der Waals surface area contributed by atoms with Gasteiger partial charge < -0.3 is 10.2 Å². The Morgan fingerprint density at radius 3 is 3.05 bits per heavy atom. The van der Waals surface area contributed by atoms with E-state index in [0.29, 0.717) is 0 Å². The van der Waals surface area contributed by atoms with Gasteiger partial charge >= 0.3 is 0 Å². The molecule has 0 radical (unpaired) electrons. The van der Waals surface area contributed by atoms with Crippen molar-refractivity contribution in [3.05, 3.63) is 29.8 Å². The number of likely N-dealkylation sites (tertiary alicyclic amines) is 1. The second-order valence-corrected chi connectivity index (χ2v) is 6.20. The zero-order chi connectivity index (χ0) is 13.1. The van der Waals surface area contributed by atoms with E-state index in [9.17, 15) is 0 Å². The zero-order valence-corrected chi connectivity index (χ0v) is 12.1. The molecule has 0 amide bonds. The third-order valence-corrected chi connectivity index (χ3v) is 4.80. The van der Waals surface area contributed by atoms with E-state index >= 15 is 0 Å². The van der Waals surface area contributed by atoms with Crippen molar-refractivity contribution in [2.24, 2.45) is 5.92 Å². The number of fused-ring (bicyclic) bond motifs is 1. The molecule has 0 aromatic heterocycles. The van der Waals surface area contributed by atoms with Gasteiger partial charge in [-0.25, -0.2) is 0 Å². The van der Waals surface area contributed by atoms with Crippen LogP contribution in [0.15, 0.2) is 24.3 Å². The summed E-state index contributed by atoms with van der Waals surface area (Å²) in [6.45, 7) is 7.39. The number of benzene rings is 1. The molecule has 0 spiro atoms. The van der Waals surface area contributed by atoms with Crippen molar-refractivity contribution >= 4 is 5.69 Å². The van der Waals surface area contributed by atoms with Gasteiger partial charge in [-0.2, -0.15) is 0 Å². The summed E-state index contributed by atoms with van der Waals surface area (Å²) in [6.07, 6.45) is 5.50. The molecule has 2 unspecified atom stereocenters. The molecule has 1 saturated heterocycles. The summed E-state index contributed by atoms with van der Waals surface area (Å²) < 4.78 is 0. The minimum atomic E-state index is 0.724. The van der Waals surface area contributed by atoms with Crippen molar-refractivity contribution in [2.45, 2.75) is 38.5 Å². The van der Waals surface area contributed by atoms with Gasteiger partial charge in [-0.05, 0) is 49.9 Å². The third kappa shape index (κ3) is 2.94. The molecule has 2 heteroatoms. The molecular formula is C17H26N2. The van der Waals surface area contributed by atoms with E-state index in [-0.39, 0.29) is 0 Å². The molecule has 0 bridgehead atoms. The number of para-hydroxylation sites is 1. The lowest BCUT2D eigenvalue weighted by Gasteiger charge is -2.18. The average molecular weight is 258 g/mol. The van der Waals surface area contributed by atoms with Crippen LogP contribution in [0.1, 0.15) is 44.1 Å². The predicted molar refractivity (Wildman–Crippen MR) is 81.7 cm³/mol. The van der Waals surface area contributed by atoms with Gasteiger partial charge in [0.25, 0.3) is 0 Å². The van der Waals surface area contributed by atoms with E-state index < -0.39 is 0 Å². The Balaban J connectivity index is 1.49. The Morgan fingerprint density at radius 1 is 1.26 bits per heavy atom. The standard InChI is InChI=1S/C17H26N2/c1-2-5-14-8-10-19(13-14)11-9-15-12-18-17-7-4-3-6-16(15)17/h3-4,6-7,14-15,18H,2,5,8-13H2,1H3. The van der Waals surface area contributed by atoms with Crippen LogP contribution in [0.25, 0.3) is 0 Å². The summed E-state index contributed by atoms with van der Waals surface area (Å²) >= 11 is 0. The highest BCUT2D eigenvalue weighted by Crippen LogP contribution is 2.33. The van der Waals surface area contributed by atoms with Crippen LogP contribution in [0.3, 0.4) is 0 Å². The summed E-state index contributed by atoms with van der Waals surface area (Å²) in [6, 6.07) is 8.81. The fourth-order valence-corrected chi connectivity index (χ4v) is 3.71. The molecule has 2 aliphatic rings. The maximum Gasteiger partial charge on any atom is 0.0376 e. The van der Waals surface area contributed by atoms with Crippen molar-refractivity contribution in [1.82, 2.24) is 4.90 Å². The smallest absolute Gasteiger partial charge is 0.0376 e. The minimum absolute atomic E-state index is 0.724. The maximum absolute atomic E-state index is 3.54. The van der Waals surface area contributed by atoms with E-state index in [0.717, 1.165) is 18.4 Å². The first kappa shape index (κ1) is 13.0. The number of hydrogen-bond acceptors (Lipinski definition) is 2. The Morgan fingerprint density at radius 2 is 2.16 bits per heavy atom. The van der Waals surface area contributed by atoms with Crippen LogP contribution in [0, 0.1) is 5.92 Å². The van der Waals surface area contributed by atoms with Gasteiger partial charge in [0.05, 0.1) is 0 Å². The van der Waals surface area contributed by atoms with E-state index in [2.05, 4.69) is 41.4 Å². The Hall–Kier alpha value is -1.02. The topological polar surface area (TPSA) is 15.3 Å². The summed E-state index contributed by atoms with van der Waals surface area (Å²) in [5.41, 5.74) is 2.89. The van der Waals surface area contributed by atoms with Crippen LogP contribution in [0.5, 0.6) is 0 Å². The molecule has 0 saturated carbocycles. The van der Waals surface area contributed by atoms with Gasteiger partial charge in [-0.3, -0.25) is 0 Å². The third-order valence-electron chi connectivity index (χ3n) is 4.80. The Kier molecular flexibility index (Phi) is 4.07. The molecule has 3 rings (SSSR count). The first-order chi connectivity index (χ1) is 9.36. The SMILES string of the molecule is CCCC1CCN(CCC2CNc3ccccc32)C1. The average Bonchev–Trinajstić information content (AvgIpc) is 3.04. The highest BCUT2D eigenvalue weighted by molar-refractivity contribution is 5.57. The van der Waals surface area contributed by atoms with Gasteiger partial charge in [0.2, 0.25) is 0 Å². The highest BCUT2D eigenvalue weighted by atomic mass is 15.1. The lowest BCUT2D eigenvalue weighted by atomic mass is 9.98. The summed E-state index contributed by atoms with van der Waals surface area (Å²) in [5.74, 6) is 1.69. The number of hydrogen-bond donors (Lipinski definition) is 1. The Labute approximate surface area is 117 Å². The molecule has 1 N–H and O–H groups in total. The summed E-state index contributed by atoms with van der Waals surface area (Å²) in [5, 5.41) is 3.54. The molecule has 2 atom stereocenters. The predicted octanol–water partition coefficient (Wildman–Crippen LogP) is 3.71. The van der Waals surface area contributed by atoms with Crippen molar-refractivity contribution in [1.29, 1.82) is 0 Å². The van der Waals surface area contributed by atoms with E-state index in [1.165, 1.54) is 56.6 Å².